The Bertz CT molecular complexity index is 953. The van der Waals surface area contributed by atoms with Crippen LogP contribution in [0, 0.1) is 5.82 Å². The Hall–Kier alpha value is -3.29. The van der Waals surface area contributed by atoms with Crippen molar-refractivity contribution in [2.24, 2.45) is 0 Å². The van der Waals surface area contributed by atoms with Crippen LogP contribution < -0.4 is 5.73 Å². The minimum atomic E-state index is -0.286. The monoisotopic (exact) mass is 352 g/mol. The number of hydrogen-bond donors (Lipinski definition) is 1. The number of rotatable bonds is 3. The smallest absolute Gasteiger partial charge is 0.244 e. The lowest BCUT2D eigenvalue weighted by molar-refractivity contribution is -0.133. The van der Waals surface area contributed by atoms with Crippen molar-refractivity contribution in [2.45, 2.75) is 19.5 Å². The first-order valence-corrected chi connectivity index (χ1v) is 8.25. The van der Waals surface area contributed by atoms with Gasteiger partial charge in [-0.25, -0.2) is 14.4 Å². The van der Waals surface area contributed by atoms with Crippen LogP contribution in [-0.2, 0) is 24.3 Å². The number of nitrogens with two attached hydrogens (primary N) is 1. The highest BCUT2D eigenvalue weighted by Crippen LogP contribution is 2.20. The van der Waals surface area contributed by atoms with E-state index in [-0.39, 0.29) is 24.2 Å². The topological polar surface area (TPSA) is 89.9 Å². The third kappa shape index (κ3) is 3.26. The number of amides is 1. The summed E-state index contributed by atoms with van der Waals surface area (Å²) in [5, 5.41) is 4.24. The van der Waals surface area contributed by atoms with E-state index in [9.17, 15) is 9.18 Å². The van der Waals surface area contributed by atoms with Crippen LogP contribution in [0.3, 0.4) is 0 Å². The molecule has 3 aromatic rings. The van der Waals surface area contributed by atoms with E-state index in [1.165, 1.54) is 12.1 Å². The standard InChI is InChI=1S/C18H17FN6O/c19-15-3-1-12(2-4-15)14-8-22-25(9-14)11-17(26)24-6-5-13-7-21-18(20)23-16(13)10-24/h1-4,7-9H,5-6,10-11H2,(H2,20,21,23). The second-order valence-corrected chi connectivity index (χ2v) is 6.20. The summed E-state index contributed by atoms with van der Waals surface area (Å²) in [6.45, 7) is 1.18. The van der Waals surface area contributed by atoms with Crippen molar-refractivity contribution in [3.8, 4) is 11.1 Å². The third-order valence-electron chi connectivity index (χ3n) is 4.43. The highest BCUT2D eigenvalue weighted by molar-refractivity contribution is 5.76. The number of anilines is 1. The summed E-state index contributed by atoms with van der Waals surface area (Å²) in [6.07, 6.45) is 5.88. The van der Waals surface area contributed by atoms with Crippen molar-refractivity contribution < 1.29 is 9.18 Å². The first kappa shape index (κ1) is 16.2. The molecule has 1 aliphatic rings. The number of fused-ring (bicyclic) bond motifs is 1. The van der Waals surface area contributed by atoms with E-state index in [4.69, 9.17) is 5.73 Å². The maximum Gasteiger partial charge on any atom is 0.244 e. The predicted molar refractivity (Wildman–Crippen MR) is 93.2 cm³/mol. The Balaban J connectivity index is 1.45. The molecule has 3 heterocycles. The molecule has 0 saturated heterocycles. The van der Waals surface area contributed by atoms with E-state index in [0.717, 1.165) is 22.4 Å². The lowest BCUT2D eigenvalue weighted by atomic mass is 10.1. The summed E-state index contributed by atoms with van der Waals surface area (Å²) in [5.74, 6) is -0.109. The molecule has 1 amide bonds. The van der Waals surface area contributed by atoms with Crippen molar-refractivity contribution >= 4 is 11.9 Å². The van der Waals surface area contributed by atoms with Gasteiger partial charge >= 0.3 is 0 Å². The quantitative estimate of drug-likeness (QED) is 0.774. The molecule has 132 valence electrons. The maximum absolute atomic E-state index is 13.0. The summed E-state index contributed by atoms with van der Waals surface area (Å²) >= 11 is 0. The average molecular weight is 352 g/mol. The normalized spacial score (nSPS) is 13.5. The minimum Gasteiger partial charge on any atom is -0.368 e. The molecule has 26 heavy (non-hydrogen) atoms. The molecule has 0 atom stereocenters. The number of hydrogen-bond acceptors (Lipinski definition) is 5. The average Bonchev–Trinajstić information content (AvgIpc) is 3.10. The first-order valence-electron chi connectivity index (χ1n) is 8.25. The van der Waals surface area contributed by atoms with Gasteiger partial charge in [0.25, 0.3) is 0 Å². The maximum atomic E-state index is 13.0. The Morgan fingerprint density at radius 2 is 2.00 bits per heavy atom. The van der Waals surface area contributed by atoms with Crippen molar-refractivity contribution in [3.05, 3.63) is 59.9 Å². The Labute approximate surface area is 149 Å². The van der Waals surface area contributed by atoms with Crippen LogP contribution in [0.2, 0.25) is 0 Å². The zero-order valence-corrected chi connectivity index (χ0v) is 14.0. The summed E-state index contributed by atoms with van der Waals surface area (Å²) in [7, 11) is 0. The van der Waals surface area contributed by atoms with Gasteiger partial charge in [-0.1, -0.05) is 12.1 Å². The van der Waals surface area contributed by atoms with Crippen LogP contribution in [0.25, 0.3) is 11.1 Å². The molecule has 1 aliphatic heterocycles. The molecule has 0 fully saturated rings. The molecule has 2 N–H and O–H groups in total. The molecular weight excluding hydrogens is 335 g/mol. The van der Waals surface area contributed by atoms with Gasteiger partial charge in [-0.05, 0) is 29.7 Å². The van der Waals surface area contributed by atoms with Crippen LogP contribution in [0.5, 0.6) is 0 Å². The first-order chi connectivity index (χ1) is 12.6. The number of nitrogens with zero attached hydrogens (tertiary/aromatic N) is 5. The predicted octanol–water partition coefficient (Wildman–Crippen LogP) is 1.65. The fraction of sp³-hybridized carbons (Fsp3) is 0.222. The van der Waals surface area contributed by atoms with Gasteiger partial charge in [-0.3, -0.25) is 9.48 Å². The van der Waals surface area contributed by atoms with Crippen molar-refractivity contribution in [3.63, 3.8) is 0 Å². The van der Waals surface area contributed by atoms with E-state index in [2.05, 4.69) is 15.1 Å². The number of carbonyl (C=O) groups excluding carboxylic acids is 1. The molecule has 0 unspecified atom stereocenters. The molecule has 0 radical (unpaired) electrons. The zero-order chi connectivity index (χ0) is 18.1. The van der Waals surface area contributed by atoms with Crippen molar-refractivity contribution in [1.82, 2.24) is 24.6 Å². The fourth-order valence-electron chi connectivity index (χ4n) is 3.01. The van der Waals surface area contributed by atoms with Crippen LogP contribution in [-0.4, -0.2) is 37.1 Å². The highest BCUT2D eigenvalue weighted by atomic mass is 19.1. The van der Waals surface area contributed by atoms with E-state index < -0.39 is 0 Å². The van der Waals surface area contributed by atoms with Gasteiger partial charge in [0, 0.05) is 24.5 Å². The zero-order valence-electron chi connectivity index (χ0n) is 14.0. The van der Waals surface area contributed by atoms with E-state index in [1.807, 2.05) is 0 Å². The van der Waals surface area contributed by atoms with Gasteiger partial charge in [-0.15, -0.1) is 0 Å². The number of halogens is 1. The molecule has 0 saturated carbocycles. The molecule has 0 aliphatic carbocycles. The second kappa shape index (κ2) is 6.55. The summed E-state index contributed by atoms with van der Waals surface area (Å²) < 4.78 is 14.6. The van der Waals surface area contributed by atoms with Crippen LogP contribution in [0.1, 0.15) is 11.3 Å². The highest BCUT2D eigenvalue weighted by Gasteiger charge is 2.22. The Morgan fingerprint density at radius 1 is 1.19 bits per heavy atom. The van der Waals surface area contributed by atoms with Crippen LogP contribution >= 0.6 is 0 Å². The molecular formula is C18H17FN6O. The molecule has 4 rings (SSSR count). The lowest BCUT2D eigenvalue weighted by Crippen LogP contribution is -2.38. The van der Waals surface area contributed by atoms with Crippen LogP contribution in [0.4, 0.5) is 10.3 Å². The van der Waals surface area contributed by atoms with E-state index in [0.29, 0.717) is 19.5 Å². The van der Waals surface area contributed by atoms with Gasteiger partial charge in [0.1, 0.15) is 12.4 Å². The van der Waals surface area contributed by atoms with Crippen molar-refractivity contribution in [1.29, 1.82) is 0 Å². The summed E-state index contributed by atoms with van der Waals surface area (Å²) in [5.41, 5.74) is 9.14. The summed E-state index contributed by atoms with van der Waals surface area (Å²) in [6, 6.07) is 6.17. The lowest BCUT2D eigenvalue weighted by Gasteiger charge is -2.27. The van der Waals surface area contributed by atoms with E-state index in [1.54, 1.807) is 40.3 Å². The number of carbonyl (C=O) groups is 1. The molecule has 0 spiro atoms. The van der Waals surface area contributed by atoms with Gasteiger partial charge in [0.05, 0.1) is 18.4 Å². The third-order valence-corrected chi connectivity index (χ3v) is 4.43. The molecule has 1 aromatic carbocycles. The second-order valence-electron chi connectivity index (χ2n) is 6.20. The van der Waals surface area contributed by atoms with Crippen molar-refractivity contribution in [2.75, 3.05) is 12.3 Å². The minimum absolute atomic E-state index is 0.0402. The Morgan fingerprint density at radius 3 is 2.81 bits per heavy atom. The Kier molecular flexibility index (Phi) is 4.08. The van der Waals surface area contributed by atoms with Gasteiger partial charge in [0.2, 0.25) is 11.9 Å². The van der Waals surface area contributed by atoms with Gasteiger partial charge < -0.3 is 10.6 Å². The van der Waals surface area contributed by atoms with Gasteiger partial charge in [0.15, 0.2) is 0 Å². The largest absolute Gasteiger partial charge is 0.368 e. The van der Waals surface area contributed by atoms with Crippen LogP contribution in [0.15, 0.2) is 42.9 Å². The number of aromatic nitrogens is 4. The van der Waals surface area contributed by atoms with E-state index >= 15 is 0 Å². The number of nitrogen functional groups attached to an aromatic ring is 1. The molecule has 0 bridgehead atoms. The number of benzene rings is 1. The molecule has 2 aromatic heterocycles. The molecule has 7 nitrogen and oxygen atoms in total. The SMILES string of the molecule is Nc1ncc2c(n1)CN(C(=O)Cn1cc(-c3ccc(F)cc3)cn1)CC2. The molecule has 8 heteroatoms. The van der Waals surface area contributed by atoms with Gasteiger partial charge in [-0.2, -0.15) is 5.10 Å². The fourth-order valence-corrected chi connectivity index (χ4v) is 3.01. The summed E-state index contributed by atoms with van der Waals surface area (Å²) in [4.78, 5) is 22.6.